The number of hydrogen-bond donors (Lipinski definition) is 0. The van der Waals surface area contributed by atoms with E-state index in [4.69, 9.17) is 9.47 Å². The fourth-order valence-electron chi connectivity index (χ4n) is 2.53. The zero-order valence-electron chi connectivity index (χ0n) is 14.1. The van der Waals surface area contributed by atoms with Gasteiger partial charge in [-0.3, -0.25) is 4.79 Å². The molecule has 0 spiro atoms. The van der Waals surface area contributed by atoms with Crippen molar-refractivity contribution in [2.24, 2.45) is 5.92 Å². The van der Waals surface area contributed by atoms with Gasteiger partial charge < -0.3 is 14.4 Å². The third-order valence-corrected chi connectivity index (χ3v) is 4.40. The summed E-state index contributed by atoms with van der Waals surface area (Å²) in [5.41, 5.74) is 0.648. The highest BCUT2D eigenvalue weighted by atomic mass is 16.5. The van der Waals surface area contributed by atoms with Crippen LogP contribution in [0, 0.1) is 5.92 Å². The molecule has 1 aliphatic carbocycles. The number of amides is 1. The number of rotatable bonds is 8. The van der Waals surface area contributed by atoms with E-state index in [1.165, 1.54) is 12.8 Å². The van der Waals surface area contributed by atoms with Gasteiger partial charge in [0.1, 0.15) is 0 Å². The summed E-state index contributed by atoms with van der Waals surface area (Å²) in [4.78, 5) is 14.4. The van der Waals surface area contributed by atoms with Crippen LogP contribution in [0.15, 0.2) is 18.2 Å². The Balaban J connectivity index is 2.08. The predicted molar refractivity (Wildman–Crippen MR) is 87.7 cm³/mol. The second-order valence-corrected chi connectivity index (χ2v) is 6.06. The largest absolute Gasteiger partial charge is 0.493 e. The van der Waals surface area contributed by atoms with Crippen LogP contribution in [0.25, 0.3) is 0 Å². The minimum absolute atomic E-state index is 0.0396. The van der Waals surface area contributed by atoms with Gasteiger partial charge in [-0.15, -0.1) is 0 Å². The molecule has 1 saturated carbocycles. The molecule has 1 aromatic carbocycles. The summed E-state index contributed by atoms with van der Waals surface area (Å²) in [6, 6.07) is 5.72. The molecule has 1 unspecified atom stereocenters. The van der Waals surface area contributed by atoms with E-state index >= 15 is 0 Å². The minimum atomic E-state index is 0.0396. The molecule has 0 saturated heterocycles. The van der Waals surface area contributed by atoms with E-state index in [9.17, 15) is 4.79 Å². The number of methoxy groups -OCH3 is 1. The van der Waals surface area contributed by atoms with Gasteiger partial charge >= 0.3 is 0 Å². The quantitative estimate of drug-likeness (QED) is 0.687. The molecule has 0 heterocycles. The standard InChI is InChI=1S/C18H27NO3/c1-5-6-11-22-16-10-9-15(12-17(16)21-4)18(20)19(3)13(2)14-7-8-14/h9-10,12-14H,5-8,11H2,1-4H3. The summed E-state index contributed by atoms with van der Waals surface area (Å²) in [6.45, 7) is 4.91. The zero-order chi connectivity index (χ0) is 16.1. The lowest BCUT2D eigenvalue weighted by Gasteiger charge is -2.25. The van der Waals surface area contributed by atoms with Crippen molar-refractivity contribution in [3.05, 3.63) is 23.8 Å². The smallest absolute Gasteiger partial charge is 0.253 e. The molecule has 122 valence electrons. The van der Waals surface area contributed by atoms with E-state index in [2.05, 4.69) is 13.8 Å². The topological polar surface area (TPSA) is 38.8 Å². The highest BCUT2D eigenvalue weighted by molar-refractivity contribution is 5.95. The van der Waals surface area contributed by atoms with E-state index < -0.39 is 0 Å². The fourth-order valence-corrected chi connectivity index (χ4v) is 2.53. The molecule has 22 heavy (non-hydrogen) atoms. The molecule has 1 aliphatic rings. The van der Waals surface area contributed by atoms with E-state index in [1.807, 2.05) is 24.1 Å². The van der Waals surface area contributed by atoms with Crippen molar-refractivity contribution in [1.82, 2.24) is 4.90 Å². The van der Waals surface area contributed by atoms with Crippen LogP contribution in [-0.4, -0.2) is 37.6 Å². The molecular weight excluding hydrogens is 278 g/mol. The molecule has 4 nitrogen and oxygen atoms in total. The lowest BCUT2D eigenvalue weighted by molar-refractivity contribution is 0.0727. The van der Waals surface area contributed by atoms with Crippen molar-refractivity contribution in [2.45, 2.75) is 45.6 Å². The van der Waals surface area contributed by atoms with Crippen LogP contribution in [0.3, 0.4) is 0 Å². The van der Waals surface area contributed by atoms with Gasteiger partial charge in [0, 0.05) is 18.7 Å². The van der Waals surface area contributed by atoms with Gasteiger partial charge in [0.2, 0.25) is 0 Å². The highest BCUT2D eigenvalue weighted by Crippen LogP contribution is 2.35. The number of nitrogens with zero attached hydrogens (tertiary/aromatic N) is 1. The third kappa shape index (κ3) is 3.93. The average Bonchev–Trinajstić information content (AvgIpc) is 3.38. The summed E-state index contributed by atoms with van der Waals surface area (Å²) in [5, 5.41) is 0. The van der Waals surface area contributed by atoms with Crippen molar-refractivity contribution in [3.8, 4) is 11.5 Å². The summed E-state index contributed by atoms with van der Waals surface area (Å²) in [6.07, 6.45) is 4.55. The molecule has 1 aromatic rings. The highest BCUT2D eigenvalue weighted by Gasteiger charge is 2.32. The van der Waals surface area contributed by atoms with Crippen molar-refractivity contribution in [1.29, 1.82) is 0 Å². The SMILES string of the molecule is CCCCOc1ccc(C(=O)N(C)C(C)C2CC2)cc1OC. The number of carbonyl (C=O) groups excluding carboxylic acids is 1. The minimum Gasteiger partial charge on any atom is -0.493 e. The normalized spacial score (nSPS) is 15.3. The van der Waals surface area contributed by atoms with E-state index in [0.717, 1.165) is 12.8 Å². The van der Waals surface area contributed by atoms with Crippen LogP contribution in [0.1, 0.15) is 49.9 Å². The fraction of sp³-hybridized carbons (Fsp3) is 0.611. The molecule has 0 bridgehead atoms. The van der Waals surface area contributed by atoms with Gasteiger partial charge in [0.15, 0.2) is 11.5 Å². The van der Waals surface area contributed by atoms with Crippen molar-refractivity contribution < 1.29 is 14.3 Å². The molecule has 1 amide bonds. The van der Waals surface area contributed by atoms with Crippen LogP contribution in [0.4, 0.5) is 0 Å². The Morgan fingerprint density at radius 3 is 2.68 bits per heavy atom. The Morgan fingerprint density at radius 1 is 1.36 bits per heavy atom. The number of hydrogen-bond acceptors (Lipinski definition) is 3. The van der Waals surface area contributed by atoms with Gasteiger partial charge in [-0.1, -0.05) is 13.3 Å². The first-order chi connectivity index (χ1) is 10.6. The molecule has 1 atom stereocenters. The average molecular weight is 305 g/mol. The zero-order valence-corrected chi connectivity index (χ0v) is 14.1. The van der Waals surface area contributed by atoms with Crippen LogP contribution in [0.2, 0.25) is 0 Å². The maximum absolute atomic E-state index is 12.6. The van der Waals surface area contributed by atoms with E-state index in [0.29, 0.717) is 35.6 Å². The molecule has 2 rings (SSSR count). The number of carbonyl (C=O) groups is 1. The summed E-state index contributed by atoms with van der Waals surface area (Å²) >= 11 is 0. The second kappa shape index (κ2) is 7.52. The lowest BCUT2D eigenvalue weighted by atomic mass is 10.1. The Hall–Kier alpha value is -1.71. The van der Waals surface area contributed by atoms with Crippen molar-refractivity contribution >= 4 is 5.91 Å². The summed E-state index contributed by atoms with van der Waals surface area (Å²) in [5.74, 6) is 2.02. The molecule has 1 fully saturated rings. The van der Waals surface area contributed by atoms with Gasteiger partial charge in [0.25, 0.3) is 5.91 Å². The Bertz CT molecular complexity index is 511. The van der Waals surface area contributed by atoms with E-state index in [1.54, 1.807) is 13.2 Å². The van der Waals surface area contributed by atoms with Crippen LogP contribution < -0.4 is 9.47 Å². The first-order valence-corrected chi connectivity index (χ1v) is 8.16. The Morgan fingerprint density at radius 2 is 2.09 bits per heavy atom. The Labute approximate surface area is 133 Å². The van der Waals surface area contributed by atoms with Gasteiger partial charge in [-0.2, -0.15) is 0 Å². The first kappa shape index (κ1) is 16.7. The predicted octanol–water partition coefficient (Wildman–Crippen LogP) is 3.74. The molecule has 0 aliphatic heterocycles. The summed E-state index contributed by atoms with van der Waals surface area (Å²) < 4.78 is 11.1. The monoisotopic (exact) mass is 305 g/mol. The first-order valence-electron chi connectivity index (χ1n) is 8.16. The number of ether oxygens (including phenoxy) is 2. The number of benzene rings is 1. The molecule has 0 aromatic heterocycles. The van der Waals surface area contributed by atoms with Gasteiger partial charge in [-0.05, 0) is 50.3 Å². The summed E-state index contributed by atoms with van der Waals surface area (Å²) in [7, 11) is 3.48. The third-order valence-electron chi connectivity index (χ3n) is 4.40. The van der Waals surface area contributed by atoms with Gasteiger partial charge in [0.05, 0.1) is 13.7 Å². The molecular formula is C18H27NO3. The van der Waals surface area contributed by atoms with Gasteiger partial charge in [-0.25, -0.2) is 0 Å². The Kier molecular flexibility index (Phi) is 5.69. The van der Waals surface area contributed by atoms with E-state index in [-0.39, 0.29) is 5.91 Å². The molecule has 0 radical (unpaired) electrons. The maximum atomic E-state index is 12.6. The van der Waals surface area contributed by atoms with Crippen LogP contribution in [0.5, 0.6) is 11.5 Å². The second-order valence-electron chi connectivity index (χ2n) is 6.06. The van der Waals surface area contributed by atoms with Crippen molar-refractivity contribution in [2.75, 3.05) is 20.8 Å². The van der Waals surface area contributed by atoms with Crippen molar-refractivity contribution in [3.63, 3.8) is 0 Å². The molecule has 0 N–H and O–H groups in total. The maximum Gasteiger partial charge on any atom is 0.253 e. The lowest BCUT2D eigenvalue weighted by Crippen LogP contribution is -2.36. The van der Waals surface area contributed by atoms with Crippen LogP contribution in [-0.2, 0) is 0 Å². The molecule has 4 heteroatoms. The van der Waals surface area contributed by atoms with Crippen LogP contribution >= 0.6 is 0 Å². The number of unbranched alkanes of at least 4 members (excludes halogenated alkanes) is 1.